The van der Waals surface area contributed by atoms with Crippen molar-refractivity contribution in [3.8, 4) is 23.0 Å². The van der Waals surface area contributed by atoms with Crippen LogP contribution in [-0.2, 0) is 9.53 Å². The maximum Gasteiger partial charge on any atom is 0.364 e. The van der Waals surface area contributed by atoms with E-state index in [-0.39, 0.29) is 18.4 Å². The van der Waals surface area contributed by atoms with E-state index in [1.54, 1.807) is 37.5 Å². The van der Waals surface area contributed by atoms with Crippen LogP contribution in [0.3, 0.4) is 0 Å². The molecule has 3 heterocycles. The van der Waals surface area contributed by atoms with Gasteiger partial charge in [0.25, 0.3) is 0 Å². The van der Waals surface area contributed by atoms with E-state index < -0.39 is 5.97 Å². The monoisotopic (exact) mass is 439 g/mol. The predicted molar refractivity (Wildman–Crippen MR) is 120 cm³/mol. The maximum absolute atomic E-state index is 12.9. The fourth-order valence-corrected chi connectivity index (χ4v) is 3.86. The van der Waals surface area contributed by atoms with Crippen LogP contribution in [0.1, 0.15) is 16.7 Å². The standard InChI is InChI=1S/C26H17NO6/c1-29-17-9-6-15(7-10-17)25-27-24(26(28)33-25)19-13-22(32-20-5-3-2-4-18(19)20)16-8-11-21-23(12-16)31-14-30-21/h2-13H,14H2,1H3. The van der Waals surface area contributed by atoms with Gasteiger partial charge in [-0.15, -0.1) is 0 Å². The minimum absolute atomic E-state index is 0.186. The molecule has 0 unspecified atom stereocenters. The number of esters is 1. The number of para-hydroxylation sites is 1. The molecule has 0 aliphatic carbocycles. The van der Waals surface area contributed by atoms with Gasteiger partial charge in [-0.25, -0.2) is 9.79 Å². The molecule has 7 nitrogen and oxygen atoms in total. The van der Waals surface area contributed by atoms with Crippen LogP contribution >= 0.6 is 0 Å². The number of allylic oxidation sites excluding steroid dienone is 2. The van der Waals surface area contributed by atoms with Crippen molar-refractivity contribution in [1.82, 2.24) is 0 Å². The number of aliphatic imine (C=N–C) groups is 1. The second-order valence-corrected chi connectivity index (χ2v) is 7.47. The Balaban J connectivity index is 1.47. The van der Waals surface area contributed by atoms with Crippen molar-refractivity contribution in [3.63, 3.8) is 0 Å². The normalized spacial score (nSPS) is 18.2. The van der Waals surface area contributed by atoms with Crippen LogP contribution in [0.25, 0.3) is 11.3 Å². The number of fused-ring (bicyclic) bond motifs is 2. The average Bonchev–Trinajstić information content (AvgIpc) is 3.49. The van der Waals surface area contributed by atoms with Crippen molar-refractivity contribution in [3.05, 3.63) is 95.2 Å². The molecule has 0 saturated carbocycles. The Labute approximate surface area is 189 Å². The lowest BCUT2D eigenvalue weighted by molar-refractivity contribution is -0.129. The molecule has 33 heavy (non-hydrogen) atoms. The first-order valence-electron chi connectivity index (χ1n) is 10.3. The van der Waals surface area contributed by atoms with Gasteiger partial charge in [0.1, 0.15) is 17.3 Å². The smallest absolute Gasteiger partial charge is 0.364 e. The van der Waals surface area contributed by atoms with Crippen LogP contribution in [0, 0.1) is 0 Å². The fourth-order valence-electron chi connectivity index (χ4n) is 3.86. The van der Waals surface area contributed by atoms with E-state index in [1.165, 1.54) is 0 Å². The van der Waals surface area contributed by atoms with Gasteiger partial charge in [-0.05, 0) is 54.6 Å². The molecule has 3 aliphatic rings. The summed E-state index contributed by atoms with van der Waals surface area (Å²) < 4.78 is 27.8. The second-order valence-electron chi connectivity index (χ2n) is 7.47. The molecule has 0 amide bonds. The van der Waals surface area contributed by atoms with E-state index in [4.69, 9.17) is 23.7 Å². The van der Waals surface area contributed by atoms with Crippen molar-refractivity contribution in [1.29, 1.82) is 0 Å². The highest BCUT2D eigenvalue weighted by Crippen LogP contribution is 2.42. The molecule has 0 fully saturated rings. The zero-order chi connectivity index (χ0) is 22.4. The van der Waals surface area contributed by atoms with Crippen LogP contribution in [0.5, 0.6) is 23.0 Å². The number of carbonyl (C=O) groups excluding carboxylic acids is 1. The Bertz CT molecular complexity index is 1380. The van der Waals surface area contributed by atoms with E-state index in [0.717, 1.165) is 11.1 Å². The van der Waals surface area contributed by atoms with Crippen molar-refractivity contribution in [2.24, 2.45) is 4.99 Å². The summed E-state index contributed by atoms with van der Waals surface area (Å²) in [4.78, 5) is 17.4. The summed E-state index contributed by atoms with van der Waals surface area (Å²) in [7, 11) is 1.59. The lowest BCUT2D eigenvalue weighted by atomic mass is 9.97. The van der Waals surface area contributed by atoms with Gasteiger partial charge in [0.15, 0.2) is 17.2 Å². The number of nitrogens with zero attached hydrogens (tertiary/aromatic N) is 1. The Hall–Kier alpha value is -4.52. The minimum Gasteiger partial charge on any atom is -0.497 e. The van der Waals surface area contributed by atoms with Crippen LogP contribution in [0.15, 0.2) is 83.5 Å². The van der Waals surface area contributed by atoms with Gasteiger partial charge >= 0.3 is 5.97 Å². The largest absolute Gasteiger partial charge is 0.497 e. The Morgan fingerprint density at radius 1 is 0.848 bits per heavy atom. The summed E-state index contributed by atoms with van der Waals surface area (Å²) in [5.41, 5.74) is 3.07. The predicted octanol–water partition coefficient (Wildman–Crippen LogP) is 4.57. The van der Waals surface area contributed by atoms with Gasteiger partial charge in [0, 0.05) is 22.3 Å². The molecule has 0 N–H and O–H groups in total. The highest BCUT2D eigenvalue weighted by atomic mass is 16.7. The molecule has 162 valence electrons. The average molecular weight is 439 g/mol. The molecule has 0 aromatic heterocycles. The van der Waals surface area contributed by atoms with E-state index in [9.17, 15) is 4.79 Å². The van der Waals surface area contributed by atoms with Gasteiger partial charge < -0.3 is 23.7 Å². The van der Waals surface area contributed by atoms with E-state index in [1.807, 2.05) is 42.5 Å². The van der Waals surface area contributed by atoms with Crippen LogP contribution < -0.4 is 18.9 Å². The van der Waals surface area contributed by atoms with E-state index in [2.05, 4.69) is 4.99 Å². The molecular weight excluding hydrogens is 422 g/mol. The molecule has 3 aromatic carbocycles. The lowest BCUT2D eigenvalue weighted by Crippen LogP contribution is -2.08. The van der Waals surface area contributed by atoms with E-state index >= 15 is 0 Å². The molecule has 3 aromatic rings. The topological polar surface area (TPSA) is 75.6 Å². The summed E-state index contributed by atoms with van der Waals surface area (Å²) in [5.74, 6) is 2.94. The first-order chi connectivity index (χ1) is 16.2. The number of cyclic esters (lactones) is 1. The van der Waals surface area contributed by atoms with Crippen molar-refractivity contribution in [2.75, 3.05) is 13.9 Å². The lowest BCUT2D eigenvalue weighted by Gasteiger charge is -2.20. The Morgan fingerprint density at radius 2 is 1.64 bits per heavy atom. The number of hydrogen-bond donors (Lipinski definition) is 0. The van der Waals surface area contributed by atoms with E-state index in [0.29, 0.717) is 39.9 Å². The van der Waals surface area contributed by atoms with Crippen LogP contribution in [0.4, 0.5) is 0 Å². The molecule has 0 radical (unpaired) electrons. The summed E-state index contributed by atoms with van der Waals surface area (Å²) in [6.07, 6.45) is 1.80. The summed E-state index contributed by atoms with van der Waals surface area (Å²) in [6.45, 7) is 0.186. The van der Waals surface area contributed by atoms with Crippen molar-refractivity contribution >= 4 is 23.2 Å². The summed E-state index contributed by atoms with van der Waals surface area (Å²) in [5, 5.41) is 0. The number of benzene rings is 3. The SMILES string of the molecule is COc1ccc(C2=NC(=C3C=C(c4ccc5c(c4)OCO5)Oc4ccccc43)C(=O)O2)cc1. The number of carbonyl (C=O) groups is 1. The molecule has 0 spiro atoms. The summed E-state index contributed by atoms with van der Waals surface area (Å²) >= 11 is 0. The summed E-state index contributed by atoms with van der Waals surface area (Å²) in [6, 6.07) is 20.2. The van der Waals surface area contributed by atoms with Gasteiger partial charge in [0.2, 0.25) is 12.7 Å². The third-order valence-corrected chi connectivity index (χ3v) is 5.52. The Kier molecular flexibility index (Phi) is 4.40. The van der Waals surface area contributed by atoms with Gasteiger partial charge in [-0.1, -0.05) is 18.2 Å². The Morgan fingerprint density at radius 3 is 2.48 bits per heavy atom. The highest BCUT2D eigenvalue weighted by Gasteiger charge is 2.31. The maximum atomic E-state index is 12.9. The molecule has 6 rings (SSSR count). The quantitative estimate of drug-likeness (QED) is 0.440. The number of methoxy groups -OCH3 is 1. The van der Waals surface area contributed by atoms with Crippen molar-refractivity contribution in [2.45, 2.75) is 0 Å². The minimum atomic E-state index is -0.520. The second kappa shape index (κ2) is 7.56. The van der Waals surface area contributed by atoms with Gasteiger partial charge in [-0.3, -0.25) is 0 Å². The van der Waals surface area contributed by atoms with Crippen LogP contribution in [-0.4, -0.2) is 25.8 Å². The zero-order valence-electron chi connectivity index (χ0n) is 17.5. The molecule has 7 heteroatoms. The van der Waals surface area contributed by atoms with Gasteiger partial charge in [0.05, 0.1) is 7.11 Å². The first-order valence-corrected chi connectivity index (χ1v) is 10.3. The molecule has 3 aliphatic heterocycles. The third kappa shape index (κ3) is 3.30. The fraction of sp³-hybridized carbons (Fsp3) is 0.0769. The molecule has 0 atom stereocenters. The molecular formula is C26H17NO6. The van der Waals surface area contributed by atoms with Crippen LogP contribution in [0.2, 0.25) is 0 Å². The van der Waals surface area contributed by atoms with Gasteiger partial charge in [-0.2, -0.15) is 0 Å². The van der Waals surface area contributed by atoms with Crippen molar-refractivity contribution < 1.29 is 28.5 Å². The molecule has 0 saturated heterocycles. The number of hydrogen-bond acceptors (Lipinski definition) is 7. The first kappa shape index (κ1) is 19.2. The molecule has 0 bridgehead atoms. The highest BCUT2D eigenvalue weighted by molar-refractivity contribution is 6.15. The third-order valence-electron chi connectivity index (χ3n) is 5.52. The number of rotatable bonds is 3. The number of ether oxygens (including phenoxy) is 5. The zero-order valence-corrected chi connectivity index (χ0v) is 17.5.